The largest absolute Gasteiger partial charge is 0.461 e. The van der Waals surface area contributed by atoms with Gasteiger partial charge in [-0.05, 0) is 17.5 Å². The fourth-order valence-electron chi connectivity index (χ4n) is 2.47. The molecule has 29 heavy (non-hydrogen) atoms. The molecule has 0 aliphatic carbocycles. The summed E-state index contributed by atoms with van der Waals surface area (Å²) >= 11 is 0. The van der Waals surface area contributed by atoms with Gasteiger partial charge in [0.1, 0.15) is 19.3 Å². The molecule has 1 N–H and O–H groups in total. The van der Waals surface area contributed by atoms with Gasteiger partial charge in [-0.15, -0.1) is 0 Å². The molecule has 0 aliphatic rings. The first kappa shape index (κ1) is 22.8. The Kier molecular flexibility index (Phi) is 9.06. The van der Waals surface area contributed by atoms with Gasteiger partial charge in [-0.1, -0.05) is 60.7 Å². The maximum Gasteiger partial charge on any atom is 0.323 e. The van der Waals surface area contributed by atoms with Crippen LogP contribution >= 0.6 is 7.52 Å². The molecule has 7 nitrogen and oxygen atoms in total. The smallest absolute Gasteiger partial charge is 0.323 e. The van der Waals surface area contributed by atoms with Crippen LogP contribution in [0.1, 0.15) is 24.0 Å². The van der Waals surface area contributed by atoms with Gasteiger partial charge in [-0.2, -0.15) is 0 Å². The Morgan fingerprint density at radius 2 is 1.45 bits per heavy atom. The molecule has 0 bridgehead atoms. The lowest BCUT2D eigenvalue weighted by Crippen LogP contribution is -2.36. The number of nitrogens with one attached hydrogen (secondary N) is 1. The van der Waals surface area contributed by atoms with Crippen molar-refractivity contribution in [2.75, 3.05) is 13.8 Å². The van der Waals surface area contributed by atoms with Crippen molar-refractivity contribution >= 4 is 19.5 Å². The normalized spacial score (nSPS) is 13.9. The van der Waals surface area contributed by atoms with E-state index in [1.165, 1.54) is 13.8 Å². The molecule has 156 valence electrons. The van der Waals surface area contributed by atoms with E-state index in [1.54, 1.807) is 0 Å². The molecule has 0 heterocycles. The third-order valence-electron chi connectivity index (χ3n) is 4.13. The molecule has 2 aromatic rings. The summed E-state index contributed by atoms with van der Waals surface area (Å²) in [6.07, 6.45) is 0.0388. The third kappa shape index (κ3) is 8.60. The molecule has 0 aliphatic heterocycles. The van der Waals surface area contributed by atoms with Gasteiger partial charge < -0.3 is 14.0 Å². The van der Waals surface area contributed by atoms with E-state index in [4.69, 9.17) is 14.0 Å². The Balaban J connectivity index is 1.89. The first-order valence-electron chi connectivity index (χ1n) is 9.21. The van der Waals surface area contributed by atoms with Gasteiger partial charge in [0.2, 0.25) is 0 Å². The van der Waals surface area contributed by atoms with Crippen molar-refractivity contribution in [2.24, 2.45) is 0 Å². The number of ether oxygens (including phenoxy) is 2. The van der Waals surface area contributed by atoms with Crippen LogP contribution in [0.4, 0.5) is 0 Å². The maximum atomic E-state index is 12.5. The summed E-state index contributed by atoms with van der Waals surface area (Å²) in [4.78, 5) is 24.5. The van der Waals surface area contributed by atoms with Gasteiger partial charge >= 0.3 is 11.9 Å². The predicted molar refractivity (Wildman–Crippen MR) is 109 cm³/mol. The highest BCUT2D eigenvalue weighted by Crippen LogP contribution is 2.37. The van der Waals surface area contributed by atoms with Crippen molar-refractivity contribution < 1.29 is 28.2 Å². The number of hydrogen-bond donors (Lipinski definition) is 1. The molecule has 0 fully saturated rings. The zero-order chi connectivity index (χ0) is 21.1. The minimum Gasteiger partial charge on any atom is -0.461 e. The number of rotatable bonds is 11. The van der Waals surface area contributed by atoms with Crippen molar-refractivity contribution in [3.05, 3.63) is 71.8 Å². The van der Waals surface area contributed by atoms with Crippen LogP contribution in [0, 0.1) is 0 Å². The van der Waals surface area contributed by atoms with Gasteiger partial charge in [-0.3, -0.25) is 14.2 Å². The van der Waals surface area contributed by atoms with Crippen LogP contribution in [-0.2, 0) is 41.4 Å². The van der Waals surface area contributed by atoms with E-state index in [2.05, 4.69) is 5.09 Å². The lowest BCUT2D eigenvalue weighted by atomic mass is 10.1. The first-order chi connectivity index (χ1) is 13.9. The standard InChI is InChI=1S/C21H26NO6P/c1-26-29(2,25)22-19(21(24)28-16-18-11-7-4-8-12-18)13-14-20(23)27-15-17-9-5-3-6-10-17/h3-12,19H,13-16H2,1-2H3,(H,22,25)/t19-,29?/m0/s1. The summed E-state index contributed by atoms with van der Waals surface area (Å²) in [6, 6.07) is 17.5. The zero-order valence-electron chi connectivity index (χ0n) is 16.6. The van der Waals surface area contributed by atoms with Gasteiger partial charge in [0.05, 0.1) is 0 Å². The lowest BCUT2D eigenvalue weighted by Gasteiger charge is -2.21. The van der Waals surface area contributed by atoms with E-state index >= 15 is 0 Å². The van der Waals surface area contributed by atoms with Crippen molar-refractivity contribution in [3.8, 4) is 0 Å². The van der Waals surface area contributed by atoms with E-state index < -0.39 is 25.5 Å². The minimum atomic E-state index is -3.21. The molecule has 0 saturated carbocycles. The Morgan fingerprint density at radius 3 is 1.97 bits per heavy atom. The minimum absolute atomic E-state index is 0.0331. The molecule has 0 aromatic heterocycles. The van der Waals surface area contributed by atoms with Crippen molar-refractivity contribution in [1.29, 1.82) is 0 Å². The number of carbonyl (C=O) groups is 2. The molecule has 2 aromatic carbocycles. The zero-order valence-corrected chi connectivity index (χ0v) is 17.5. The monoisotopic (exact) mass is 419 g/mol. The van der Waals surface area contributed by atoms with E-state index in [9.17, 15) is 14.2 Å². The summed E-state index contributed by atoms with van der Waals surface area (Å²) < 4.78 is 27.7. The molecule has 2 rings (SSSR count). The second-order valence-corrected chi connectivity index (χ2v) is 8.80. The molecular weight excluding hydrogens is 393 g/mol. The third-order valence-corrected chi connectivity index (χ3v) is 5.60. The van der Waals surface area contributed by atoms with Crippen LogP contribution in [-0.4, -0.2) is 31.8 Å². The topological polar surface area (TPSA) is 90.9 Å². The average molecular weight is 419 g/mol. The van der Waals surface area contributed by atoms with Crippen LogP contribution in [0.2, 0.25) is 0 Å². The van der Waals surface area contributed by atoms with Gasteiger partial charge in [0.15, 0.2) is 0 Å². The van der Waals surface area contributed by atoms with Crippen LogP contribution in [0.25, 0.3) is 0 Å². The van der Waals surface area contributed by atoms with E-state index in [0.717, 1.165) is 11.1 Å². The SMILES string of the molecule is COP(C)(=O)N[C@@H](CCC(=O)OCc1ccccc1)C(=O)OCc1ccccc1. The Labute approximate surface area is 170 Å². The second kappa shape index (κ2) is 11.5. The van der Waals surface area contributed by atoms with Crippen LogP contribution < -0.4 is 5.09 Å². The highest BCUT2D eigenvalue weighted by Gasteiger charge is 2.28. The number of esters is 2. The van der Waals surface area contributed by atoms with Crippen LogP contribution in [0.15, 0.2) is 60.7 Å². The fourth-order valence-corrected chi connectivity index (χ4v) is 3.38. The quantitative estimate of drug-likeness (QED) is 0.439. The molecule has 0 radical (unpaired) electrons. The van der Waals surface area contributed by atoms with Gasteiger partial charge in [0, 0.05) is 20.2 Å². The predicted octanol–water partition coefficient (Wildman–Crippen LogP) is 3.68. The van der Waals surface area contributed by atoms with Crippen molar-refractivity contribution in [3.63, 3.8) is 0 Å². The summed E-state index contributed by atoms with van der Waals surface area (Å²) in [6.45, 7) is 1.59. The highest BCUT2D eigenvalue weighted by molar-refractivity contribution is 7.56. The van der Waals surface area contributed by atoms with Gasteiger partial charge in [0.25, 0.3) is 7.52 Å². The number of carbonyl (C=O) groups excluding carboxylic acids is 2. The molecule has 2 atom stereocenters. The van der Waals surface area contributed by atoms with Gasteiger partial charge in [-0.25, -0.2) is 5.09 Å². The van der Waals surface area contributed by atoms with E-state index in [0.29, 0.717) is 0 Å². The molecular formula is C21H26NO6P. The fraction of sp³-hybridized carbons (Fsp3) is 0.333. The van der Waals surface area contributed by atoms with Crippen LogP contribution in [0.3, 0.4) is 0 Å². The number of hydrogen-bond acceptors (Lipinski definition) is 6. The summed E-state index contributed by atoms with van der Waals surface area (Å²) in [5.41, 5.74) is 1.70. The Bertz CT molecular complexity index is 828. The molecule has 0 amide bonds. The molecule has 8 heteroatoms. The lowest BCUT2D eigenvalue weighted by molar-refractivity contribution is -0.148. The van der Waals surface area contributed by atoms with E-state index in [-0.39, 0.29) is 26.1 Å². The maximum absolute atomic E-state index is 12.5. The van der Waals surface area contributed by atoms with Crippen molar-refractivity contribution in [2.45, 2.75) is 32.1 Å². The summed E-state index contributed by atoms with van der Waals surface area (Å²) in [7, 11) is -1.92. The summed E-state index contributed by atoms with van der Waals surface area (Å²) in [5, 5.41) is 2.66. The molecule has 0 saturated heterocycles. The first-order valence-corrected chi connectivity index (χ1v) is 11.3. The second-order valence-electron chi connectivity index (χ2n) is 6.49. The van der Waals surface area contributed by atoms with Crippen molar-refractivity contribution in [1.82, 2.24) is 5.09 Å². The average Bonchev–Trinajstić information content (AvgIpc) is 2.75. The number of benzene rings is 2. The highest BCUT2D eigenvalue weighted by atomic mass is 31.2. The van der Waals surface area contributed by atoms with E-state index in [1.807, 2.05) is 60.7 Å². The van der Waals surface area contributed by atoms with Crippen LogP contribution in [0.5, 0.6) is 0 Å². The Morgan fingerprint density at radius 1 is 0.931 bits per heavy atom. The molecule has 1 unspecified atom stereocenters. The Hall–Kier alpha value is -2.47. The summed E-state index contributed by atoms with van der Waals surface area (Å²) in [5.74, 6) is -1.07. The molecule has 0 spiro atoms.